The Morgan fingerprint density at radius 3 is 2.06 bits per heavy atom. The Balaban J connectivity index is 1.75. The van der Waals surface area contributed by atoms with E-state index in [1.807, 2.05) is 67.6 Å². The Bertz CT molecular complexity index is 1270. The fraction of sp³-hybridized carbons (Fsp3) is 0.543. The average Bonchev–Trinajstić information content (AvgIpc) is 3.57. The highest BCUT2D eigenvalue weighted by atomic mass is 16.4. The fourth-order valence-electron chi connectivity index (χ4n) is 5.99. The molecule has 1 aliphatic heterocycles. The molecule has 1 unspecified atom stereocenters. The number of hydrogen-bond donors (Lipinski definition) is 6. The molecule has 1 saturated heterocycles. The molecule has 0 aliphatic carbocycles. The molecular formula is C35H52BN5O6. The second-order valence-corrected chi connectivity index (χ2v) is 12.6. The zero-order chi connectivity index (χ0) is 34.2. The van der Waals surface area contributed by atoms with E-state index in [-0.39, 0.29) is 37.0 Å². The third-order valence-corrected chi connectivity index (χ3v) is 8.87. The van der Waals surface area contributed by atoms with Crippen LogP contribution in [0.2, 0.25) is 5.82 Å². The maximum atomic E-state index is 13.9. The predicted molar refractivity (Wildman–Crippen MR) is 183 cm³/mol. The number of nitrogens with two attached hydrogens (primary N) is 2. The first-order valence-electron chi connectivity index (χ1n) is 16.9. The van der Waals surface area contributed by atoms with Gasteiger partial charge in [-0.25, -0.2) is 0 Å². The second-order valence-electron chi connectivity index (χ2n) is 12.6. The van der Waals surface area contributed by atoms with Crippen LogP contribution in [0, 0.1) is 5.92 Å². The molecule has 0 spiro atoms. The highest BCUT2D eigenvalue weighted by molar-refractivity contribution is 6.43. The standard InChI is InChI=1S/C35H52BN5O6/c1-2-3-16-27(33(43)39-30(17-10-11-19-37)35(45)41-20-18-28(24-41)36(46)47)23-32(42)31(22-26-14-8-5-9-15-26)40-34(44)29(38)21-25-12-6-4-7-13-25/h4-9,12-15,27-31,46-47H,2-3,10-11,16-24,37-38H2,1H3,(H,39,43)(H,40,44)/t27-,28?,29+,30+,31+/m0/s1. The summed E-state index contributed by atoms with van der Waals surface area (Å²) in [4.78, 5) is 56.0. The SMILES string of the molecule is CCCC[C@@H](CC(=O)[C@@H](Cc1ccccc1)NC(=O)[C@H](N)Cc1ccccc1)C(=O)N[C@H](CCCCN)C(=O)N1CCC(B(O)O)C1. The van der Waals surface area contributed by atoms with Gasteiger partial charge in [0.2, 0.25) is 17.7 Å². The number of nitrogens with zero attached hydrogens (tertiary/aromatic N) is 1. The van der Waals surface area contributed by atoms with Gasteiger partial charge in [-0.3, -0.25) is 19.2 Å². The molecule has 5 atom stereocenters. The van der Waals surface area contributed by atoms with E-state index in [1.165, 1.54) is 0 Å². The quantitative estimate of drug-likeness (QED) is 0.0924. The van der Waals surface area contributed by atoms with E-state index in [0.29, 0.717) is 58.0 Å². The van der Waals surface area contributed by atoms with Gasteiger partial charge in [0.1, 0.15) is 6.04 Å². The van der Waals surface area contributed by atoms with E-state index in [1.54, 1.807) is 4.90 Å². The number of nitrogens with one attached hydrogen (secondary N) is 2. The number of carbonyl (C=O) groups is 4. The summed E-state index contributed by atoms with van der Waals surface area (Å²) >= 11 is 0. The average molecular weight is 650 g/mol. The molecule has 1 aliphatic rings. The van der Waals surface area contributed by atoms with Crippen LogP contribution in [0.5, 0.6) is 0 Å². The predicted octanol–water partition coefficient (Wildman–Crippen LogP) is 1.74. The molecule has 12 heteroatoms. The first-order valence-corrected chi connectivity index (χ1v) is 16.9. The number of unbranched alkanes of at least 4 members (excludes halogenated alkanes) is 2. The minimum Gasteiger partial charge on any atom is -0.427 e. The molecule has 0 aromatic heterocycles. The molecule has 0 bridgehead atoms. The third-order valence-electron chi connectivity index (χ3n) is 8.87. The van der Waals surface area contributed by atoms with Crippen molar-refractivity contribution in [1.82, 2.24) is 15.5 Å². The van der Waals surface area contributed by atoms with Gasteiger partial charge in [-0.2, -0.15) is 0 Å². The van der Waals surface area contributed by atoms with Crippen molar-refractivity contribution in [3.05, 3.63) is 71.8 Å². The van der Waals surface area contributed by atoms with Gasteiger partial charge >= 0.3 is 7.12 Å². The highest BCUT2D eigenvalue weighted by Crippen LogP contribution is 2.24. The van der Waals surface area contributed by atoms with Crippen molar-refractivity contribution in [2.24, 2.45) is 17.4 Å². The molecule has 3 rings (SSSR count). The summed E-state index contributed by atoms with van der Waals surface area (Å²) in [5.41, 5.74) is 13.7. The van der Waals surface area contributed by atoms with Crippen LogP contribution in [-0.4, -0.2) is 83.3 Å². The molecule has 1 heterocycles. The Morgan fingerprint density at radius 2 is 1.49 bits per heavy atom. The Morgan fingerprint density at radius 1 is 0.872 bits per heavy atom. The van der Waals surface area contributed by atoms with Crippen LogP contribution in [0.15, 0.2) is 60.7 Å². The van der Waals surface area contributed by atoms with Crippen LogP contribution in [0.1, 0.15) is 69.4 Å². The molecule has 0 radical (unpaired) electrons. The molecule has 8 N–H and O–H groups in total. The van der Waals surface area contributed by atoms with Crippen LogP contribution in [0.25, 0.3) is 0 Å². The van der Waals surface area contributed by atoms with Crippen LogP contribution >= 0.6 is 0 Å². The summed E-state index contributed by atoms with van der Waals surface area (Å²) in [5.74, 6) is -2.53. The fourth-order valence-corrected chi connectivity index (χ4v) is 5.99. The summed E-state index contributed by atoms with van der Waals surface area (Å²) in [6.07, 6.45) is 4.57. The zero-order valence-electron chi connectivity index (χ0n) is 27.6. The highest BCUT2D eigenvalue weighted by Gasteiger charge is 2.37. The van der Waals surface area contributed by atoms with Gasteiger partial charge in [-0.1, -0.05) is 80.4 Å². The monoisotopic (exact) mass is 649 g/mol. The lowest BCUT2D eigenvalue weighted by molar-refractivity contribution is -0.138. The van der Waals surface area contributed by atoms with Gasteiger partial charge in [0.15, 0.2) is 5.78 Å². The smallest absolute Gasteiger partial charge is 0.427 e. The largest absolute Gasteiger partial charge is 0.456 e. The minimum absolute atomic E-state index is 0.107. The van der Waals surface area contributed by atoms with Crippen LogP contribution in [0.4, 0.5) is 0 Å². The van der Waals surface area contributed by atoms with Crippen molar-refractivity contribution < 1.29 is 29.2 Å². The number of amides is 3. The molecule has 2 aromatic rings. The van der Waals surface area contributed by atoms with Crippen LogP contribution in [0.3, 0.4) is 0 Å². The van der Waals surface area contributed by atoms with Crippen LogP contribution < -0.4 is 22.1 Å². The molecule has 2 aromatic carbocycles. The zero-order valence-corrected chi connectivity index (χ0v) is 27.6. The molecule has 1 fully saturated rings. The summed E-state index contributed by atoms with van der Waals surface area (Å²) in [5, 5.41) is 25.0. The lowest BCUT2D eigenvalue weighted by Crippen LogP contribution is -2.52. The van der Waals surface area contributed by atoms with Gasteiger partial charge in [-0.15, -0.1) is 0 Å². The number of Topliss-reactive ketones (excluding diaryl/α,β-unsaturated/α-hetero) is 1. The summed E-state index contributed by atoms with van der Waals surface area (Å²) in [6.45, 7) is 3.02. The van der Waals surface area contributed by atoms with Crippen molar-refractivity contribution in [3.63, 3.8) is 0 Å². The molecule has 0 saturated carbocycles. The number of ketones is 1. The van der Waals surface area contributed by atoms with Gasteiger partial charge in [0, 0.05) is 31.2 Å². The Hall–Kier alpha value is -3.58. The van der Waals surface area contributed by atoms with Crippen molar-refractivity contribution in [1.29, 1.82) is 0 Å². The third kappa shape index (κ3) is 12.5. The summed E-state index contributed by atoms with van der Waals surface area (Å²) in [7, 11) is -1.51. The van der Waals surface area contributed by atoms with E-state index in [0.717, 1.165) is 17.5 Å². The molecule has 11 nitrogen and oxygen atoms in total. The lowest BCUT2D eigenvalue weighted by Gasteiger charge is -2.27. The molecule has 47 heavy (non-hydrogen) atoms. The van der Waals surface area contributed by atoms with Gasteiger partial charge < -0.3 is 37.0 Å². The number of hydrogen-bond acceptors (Lipinski definition) is 8. The maximum absolute atomic E-state index is 13.9. The van der Waals surface area contributed by atoms with Crippen molar-refractivity contribution in [3.8, 4) is 0 Å². The number of rotatable bonds is 20. The van der Waals surface area contributed by atoms with Gasteiger partial charge in [0.25, 0.3) is 0 Å². The number of likely N-dealkylation sites (tertiary alicyclic amines) is 1. The second kappa shape index (κ2) is 19.9. The summed E-state index contributed by atoms with van der Waals surface area (Å²) in [6, 6.07) is 16.2. The minimum atomic E-state index is -1.51. The van der Waals surface area contributed by atoms with Gasteiger partial charge in [-0.05, 0) is 62.6 Å². The number of carbonyl (C=O) groups excluding carboxylic acids is 4. The first kappa shape index (κ1) is 37.9. The normalized spacial score (nSPS) is 17.0. The van der Waals surface area contributed by atoms with E-state index in [9.17, 15) is 29.2 Å². The van der Waals surface area contributed by atoms with E-state index in [2.05, 4.69) is 10.6 Å². The summed E-state index contributed by atoms with van der Waals surface area (Å²) < 4.78 is 0. The van der Waals surface area contributed by atoms with E-state index >= 15 is 0 Å². The molecular weight excluding hydrogens is 597 g/mol. The maximum Gasteiger partial charge on any atom is 0.456 e. The topological polar surface area (TPSA) is 188 Å². The lowest BCUT2D eigenvalue weighted by atomic mass is 9.72. The van der Waals surface area contributed by atoms with E-state index in [4.69, 9.17) is 11.5 Å². The van der Waals surface area contributed by atoms with E-state index < -0.39 is 42.9 Å². The molecule has 3 amide bonds. The van der Waals surface area contributed by atoms with Crippen molar-refractivity contribution in [2.75, 3.05) is 19.6 Å². The van der Waals surface area contributed by atoms with Crippen LogP contribution in [-0.2, 0) is 32.0 Å². The Kier molecular flexibility index (Phi) is 16.1. The number of benzene rings is 2. The van der Waals surface area contributed by atoms with Gasteiger partial charge in [0.05, 0.1) is 12.1 Å². The van der Waals surface area contributed by atoms with Crippen molar-refractivity contribution in [2.45, 2.75) is 95.1 Å². The van der Waals surface area contributed by atoms with Crippen molar-refractivity contribution >= 4 is 30.6 Å². The first-order chi connectivity index (χ1) is 22.6. The Labute approximate surface area is 279 Å². The molecule has 256 valence electrons.